The van der Waals surface area contributed by atoms with Crippen molar-refractivity contribution in [1.82, 2.24) is 4.90 Å². The maximum atomic E-state index is 9.53. The Kier molecular flexibility index (Phi) is 6.83. The molecule has 0 aliphatic carbocycles. The van der Waals surface area contributed by atoms with Crippen molar-refractivity contribution in [1.29, 1.82) is 0 Å². The smallest absolute Gasteiger partial charge is 0.222 e. The molecule has 0 saturated carbocycles. The summed E-state index contributed by atoms with van der Waals surface area (Å²) in [5.74, 6) is 0. The molecule has 5 heteroatoms. The number of pyridine rings is 1. The number of β-amino-alcohol motifs (C(OH)–C–C–N with tert-alkyl or cyclic N) is 1. The monoisotopic (exact) mass is 257 g/mol. The molecule has 1 saturated heterocycles. The van der Waals surface area contributed by atoms with Crippen molar-refractivity contribution in [3.8, 4) is 0 Å². The van der Waals surface area contributed by atoms with Crippen molar-refractivity contribution < 1.29 is 20.2 Å². The molecule has 0 amide bonds. The first kappa shape index (κ1) is 16.8. The first-order valence-electron chi connectivity index (χ1n) is 5.41. The van der Waals surface area contributed by atoms with Gasteiger partial charge in [-0.15, -0.1) is 0 Å². The number of aromatic nitrogens is 1. The fourth-order valence-corrected chi connectivity index (χ4v) is 2.13. The number of aliphatic hydroxyl groups is 2. The molecule has 0 aromatic carbocycles. The number of likely N-dealkylation sites (tertiary alicyclic amines) is 1. The van der Waals surface area contributed by atoms with Gasteiger partial charge in [0, 0.05) is 36.0 Å². The van der Waals surface area contributed by atoms with Gasteiger partial charge in [0.1, 0.15) is 0 Å². The minimum atomic E-state index is -0.344. The molecule has 1 fully saturated rings. The van der Waals surface area contributed by atoms with Crippen molar-refractivity contribution in [2.75, 3.05) is 13.2 Å². The minimum absolute atomic E-state index is 0. The second kappa shape index (κ2) is 7.31. The number of aliphatic hydroxyl groups excluding tert-OH is 2. The lowest BCUT2D eigenvalue weighted by molar-refractivity contribution is -0.904. The zero-order valence-corrected chi connectivity index (χ0v) is 9.03. The second-order valence-electron chi connectivity index (χ2n) is 4.24. The summed E-state index contributed by atoms with van der Waals surface area (Å²) in [4.78, 5) is 2.06. The average molecular weight is 257 g/mol. The molecule has 5 nitrogen and oxygen atoms in total. The summed E-state index contributed by atoms with van der Waals surface area (Å²) in [6.45, 7) is 1.35. The predicted molar refractivity (Wildman–Crippen MR) is 69.2 cm³/mol. The van der Waals surface area contributed by atoms with E-state index in [1.54, 1.807) is 12.4 Å². The van der Waals surface area contributed by atoms with Crippen molar-refractivity contribution in [3.63, 3.8) is 0 Å². The van der Waals surface area contributed by atoms with Gasteiger partial charge in [-0.1, -0.05) is 14.9 Å². The predicted octanol–water partition coefficient (Wildman–Crippen LogP) is 0.411. The van der Waals surface area contributed by atoms with E-state index in [1.807, 2.05) is 12.1 Å². The molecule has 0 spiro atoms. The van der Waals surface area contributed by atoms with E-state index in [4.69, 9.17) is 5.21 Å². The second-order valence-corrected chi connectivity index (χ2v) is 4.24. The summed E-state index contributed by atoms with van der Waals surface area (Å²) in [5, 5.41) is 27.8. The number of hydrogen-bond acceptors (Lipinski definition) is 4. The van der Waals surface area contributed by atoms with E-state index in [0.717, 1.165) is 10.3 Å². The molecular formula is C13H25N2O3+. The van der Waals surface area contributed by atoms with Crippen molar-refractivity contribution in [2.45, 2.75) is 40.0 Å². The van der Waals surface area contributed by atoms with E-state index in [9.17, 15) is 10.2 Å². The zero-order chi connectivity index (χ0) is 11.5. The van der Waals surface area contributed by atoms with E-state index in [1.165, 1.54) is 0 Å². The SMILES string of the molecule is C.C.OC[C@@H]1C[C@@H](O)CN1Cc1cc[n+](O)cc1. The molecule has 3 N–H and O–H groups in total. The van der Waals surface area contributed by atoms with Gasteiger partial charge in [0.05, 0.1) is 12.7 Å². The molecule has 104 valence electrons. The summed E-state index contributed by atoms with van der Waals surface area (Å²) in [5.41, 5.74) is 1.05. The van der Waals surface area contributed by atoms with Gasteiger partial charge in [0.2, 0.25) is 12.4 Å². The standard InChI is InChI=1S/C11H17N2O3.2CH4/c14-8-10-5-11(15)7-12(10)6-9-1-3-13(16)4-2-9;;/h1-4,10-11,14-16H,5-8H2;2*1H4/q+1;;/t10-,11+;;/m0../s1. The van der Waals surface area contributed by atoms with Crippen molar-refractivity contribution in [3.05, 3.63) is 30.1 Å². The fraction of sp³-hybridized carbons (Fsp3) is 0.615. The van der Waals surface area contributed by atoms with Gasteiger partial charge in [0.15, 0.2) is 0 Å². The van der Waals surface area contributed by atoms with Crippen LogP contribution in [0.4, 0.5) is 0 Å². The maximum absolute atomic E-state index is 9.53. The highest BCUT2D eigenvalue weighted by Gasteiger charge is 2.30. The van der Waals surface area contributed by atoms with Crippen LogP contribution >= 0.6 is 0 Å². The number of nitrogens with zero attached hydrogens (tertiary/aromatic N) is 2. The first-order chi connectivity index (χ1) is 7.69. The van der Waals surface area contributed by atoms with Crippen LogP contribution in [0.5, 0.6) is 0 Å². The van der Waals surface area contributed by atoms with E-state index >= 15 is 0 Å². The average Bonchev–Trinajstić information content (AvgIpc) is 2.62. The van der Waals surface area contributed by atoms with Crippen molar-refractivity contribution >= 4 is 0 Å². The maximum Gasteiger partial charge on any atom is 0.222 e. The van der Waals surface area contributed by atoms with Gasteiger partial charge >= 0.3 is 0 Å². The van der Waals surface area contributed by atoms with Gasteiger partial charge in [-0.25, -0.2) is 0 Å². The molecule has 0 radical (unpaired) electrons. The van der Waals surface area contributed by atoms with Crippen LogP contribution in [-0.2, 0) is 6.54 Å². The Morgan fingerprint density at radius 2 is 1.89 bits per heavy atom. The van der Waals surface area contributed by atoms with Gasteiger partial charge in [-0.05, 0) is 12.0 Å². The van der Waals surface area contributed by atoms with E-state index < -0.39 is 0 Å². The van der Waals surface area contributed by atoms with Crippen LogP contribution in [0.25, 0.3) is 0 Å². The Morgan fingerprint density at radius 3 is 2.44 bits per heavy atom. The topological polar surface area (TPSA) is 67.8 Å². The molecule has 1 aliphatic heterocycles. The molecular weight excluding hydrogens is 232 g/mol. The fourth-order valence-electron chi connectivity index (χ4n) is 2.13. The number of hydrogen-bond donors (Lipinski definition) is 3. The Hall–Kier alpha value is -1.17. The lowest BCUT2D eigenvalue weighted by Gasteiger charge is -2.21. The van der Waals surface area contributed by atoms with Crippen LogP contribution in [0.15, 0.2) is 24.5 Å². The quantitative estimate of drug-likeness (QED) is 0.542. The van der Waals surface area contributed by atoms with Crippen LogP contribution < -0.4 is 4.73 Å². The third-order valence-corrected chi connectivity index (χ3v) is 2.98. The van der Waals surface area contributed by atoms with Crippen molar-refractivity contribution in [2.24, 2.45) is 0 Å². The molecule has 2 atom stereocenters. The van der Waals surface area contributed by atoms with Crippen LogP contribution in [0.1, 0.15) is 26.8 Å². The normalized spacial score (nSPS) is 23.2. The van der Waals surface area contributed by atoms with Crippen LogP contribution in [0.3, 0.4) is 0 Å². The van der Waals surface area contributed by atoms with Gasteiger partial charge < -0.3 is 10.2 Å². The summed E-state index contributed by atoms with van der Waals surface area (Å²) >= 11 is 0. The summed E-state index contributed by atoms with van der Waals surface area (Å²) in [6, 6.07) is 3.68. The highest BCUT2D eigenvalue weighted by molar-refractivity contribution is 5.08. The Morgan fingerprint density at radius 1 is 1.28 bits per heavy atom. The Balaban J connectivity index is 0.00000144. The third-order valence-electron chi connectivity index (χ3n) is 2.98. The molecule has 18 heavy (non-hydrogen) atoms. The van der Waals surface area contributed by atoms with Gasteiger partial charge in [-0.2, -0.15) is 0 Å². The first-order valence-corrected chi connectivity index (χ1v) is 5.41. The summed E-state index contributed by atoms with van der Waals surface area (Å²) < 4.78 is 0.992. The molecule has 0 unspecified atom stereocenters. The van der Waals surface area contributed by atoms with E-state index in [2.05, 4.69) is 4.90 Å². The van der Waals surface area contributed by atoms with Crippen LogP contribution in [-0.4, -0.2) is 45.6 Å². The zero-order valence-electron chi connectivity index (χ0n) is 9.03. The Bertz CT molecular complexity index is 343. The molecule has 2 rings (SSSR count). The largest absolute Gasteiger partial charge is 0.395 e. The summed E-state index contributed by atoms with van der Waals surface area (Å²) in [7, 11) is 0. The molecule has 0 bridgehead atoms. The van der Waals surface area contributed by atoms with Crippen LogP contribution in [0.2, 0.25) is 0 Å². The van der Waals surface area contributed by atoms with E-state index in [-0.39, 0.29) is 33.6 Å². The van der Waals surface area contributed by atoms with Gasteiger partial charge in [-0.3, -0.25) is 10.1 Å². The highest BCUT2D eigenvalue weighted by Crippen LogP contribution is 2.19. The summed E-state index contributed by atoms with van der Waals surface area (Å²) in [6.07, 6.45) is 3.41. The van der Waals surface area contributed by atoms with E-state index in [0.29, 0.717) is 19.5 Å². The molecule has 1 aromatic rings. The lowest BCUT2D eigenvalue weighted by atomic mass is 10.2. The van der Waals surface area contributed by atoms with Crippen LogP contribution in [0, 0.1) is 0 Å². The molecule has 1 aliphatic rings. The Labute approximate surface area is 109 Å². The molecule has 2 heterocycles. The minimum Gasteiger partial charge on any atom is -0.395 e. The number of rotatable bonds is 3. The molecule has 1 aromatic heterocycles. The third kappa shape index (κ3) is 3.94. The van der Waals surface area contributed by atoms with Gasteiger partial charge in [0.25, 0.3) is 0 Å². The lowest BCUT2D eigenvalue weighted by Crippen LogP contribution is -2.33. The highest BCUT2D eigenvalue weighted by atomic mass is 16.5.